The van der Waals surface area contributed by atoms with Crippen molar-refractivity contribution in [2.75, 3.05) is 26.7 Å². The van der Waals surface area contributed by atoms with Crippen LogP contribution >= 0.6 is 11.3 Å². The smallest absolute Gasteiger partial charge is 0.274 e. The maximum absolute atomic E-state index is 12.8. The van der Waals surface area contributed by atoms with Gasteiger partial charge in [0.05, 0.1) is 11.2 Å². The molecule has 1 aliphatic carbocycles. The Kier molecular flexibility index (Phi) is 4.60. The van der Waals surface area contributed by atoms with Crippen molar-refractivity contribution in [3.05, 3.63) is 33.0 Å². The number of carbonyl (C=O) groups is 1. The largest absolute Gasteiger partial charge is 0.337 e. The molecule has 2 aliphatic rings. The van der Waals surface area contributed by atoms with Crippen LogP contribution in [0.25, 0.3) is 0 Å². The molecule has 25 heavy (non-hydrogen) atoms. The van der Waals surface area contributed by atoms with Crippen LogP contribution in [0.2, 0.25) is 0 Å². The normalized spacial score (nSPS) is 19.8. The van der Waals surface area contributed by atoms with Crippen LogP contribution in [-0.4, -0.2) is 57.6 Å². The van der Waals surface area contributed by atoms with Gasteiger partial charge >= 0.3 is 0 Å². The number of nitrogens with one attached hydrogen (secondary N) is 1. The number of likely N-dealkylation sites (tertiary alicyclic amines) is 1. The molecular weight excluding hydrogens is 334 g/mol. The van der Waals surface area contributed by atoms with Gasteiger partial charge in [0.2, 0.25) is 0 Å². The molecule has 6 nitrogen and oxygen atoms in total. The standard InChI is InChI=1S/C18H25N5OS/c1-12-16(25-11-19-12)10-22(2)8-13-6-7-23(9-13)18(24)17-14-4-3-5-15(14)20-21-17/h11,13H,3-10H2,1-2H3,(H,20,21)/t13-/m0/s1. The van der Waals surface area contributed by atoms with E-state index >= 15 is 0 Å². The number of hydrogen-bond donors (Lipinski definition) is 1. The van der Waals surface area contributed by atoms with Crippen molar-refractivity contribution in [1.29, 1.82) is 0 Å². The van der Waals surface area contributed by atoms with Crippen LogP contribution in [0.15, 0.2) is 5.51 Å². The molecular formula is C18H25N5OS. The Labute approximate surface area is 152 Å². The van der Waals surface area contributed by atoms with Crippen molar-refractivity contribution < 1.29 is 4.79 Å². The highest BCUT2D eigenvalue weighted by atomic mass is 32.1. The highest BCUT2D eigenvalue weighted by Crippen LogP contribution is 2.26. The SMILES string of the molecule is Cc1ncsc1CN(C)C[C@@H]1CCN(C(=O)c2n[nH]c3c2CCC3)C1. The van der Waals surface area contributed by atoms with Gasteiger partial charge in [-0.3, -0.25) is 9.89 Å². The van der Waals surface area contributed by atoms with Crippen LogP contribution in [0.1, 0.15) is 45.2 Å². The van der Waals surface area contributed by atoms with E-state index < -0.39 is 0 Å². The molecule has 0 bridgehead atoms. The number of carbonyl (C=O) groups excluding carboxylic acids is 1. The molecule has 3 heterocycles. The maximum Gasteiger partial charge on any atom is 0.274 e. The zero-order valence-electron chi connectivity index (χ0n) is 14.9. The number of hydrogen-bond acceptors (Lipinski definition) is 5. The summed E-state index contributed by atoms with van der Waals surface area (Å²) in [7, 11) is 2.16. The summed E-state index contributed by atoms with van der Waals surface area (Å²) >= 11 is 1.72. The highest BCUT2D eigenvalue weighted by molar-refractivity contribution is 7.09. The summed E-state index contributed by atoms with van der Waals surface area (Å²) in [5, 5.41) is 7.35. The summed E-state index contributed by atoms with van der Waals surface area (Å²) in [6.07, 6.45) is 4.22. The van der Waals surface area contributed by atoms with E-state index in [0.29, 0.717) is 11.6 Å². The average molecular weight is 359 g/mol. The Morgan fingerprint density at radius 3 is 3.16 bits per heavy atom. The van der Waals surface area contributed by atoms with E-state index in [2.05, 4.69) is 34.1 Å². The van der Waals surface area contributed by atoms with Crippen molar-refractivity contribution in [2.45, 2.75) is 39.2 Å². The molecule has 7 heteroatoms. The number of nitrogens with zero attached hydrogens (tertiary/aromatic N) is 4. The van der Waals surface area contributed by atoms with Crippen molar-refractivity contribution in [3.63, 3.8) is 0 Å². The highest BCUT2D eigenvalue weighted by Gasteiger charge is 2.31. The van der Waals surface area contributed by atoms with Gasteiger partial charge in [0.25, 0.3) is 5.91 Å². The molecule has 2 aromatic rings. The molecule has 4 rings (SSSR count). The van der Waals surface area contributed by atoms with Gasteiger partial charge in [0.15, 0.2) is 5.69 Å². The summed E-state index contributed by atoms with van der Waals surface area (Å²) in [4.78, 5) is 22.8. The monoisotopic (exact) mass is 359 g/mol. The first-order valence-corrected chi connectivity index (χ1v) is 9.92. The Bertz CT molecular complexity index is 767. The van der Waals surface area contributed by atoms with E-state index in [0.717, 1.165) is 63.1 Å². The molecule has 0 unspecified atom stereocenters. The van der Waals surface area contributed by atoms with Crippen LogP contribution in [0.3, 0.4) is 0 Å². The minimum atomic E-state index is 0.114. The lowest BCUT2D eigenvalue weighted by Gasteiger charge is -2.21. The van der Waals surface area contributed by atoms with Gasteiger partial charge in [-0.05, 0) is 45.6 Å². The fourth-order valence-electron chi connectivity index (χ4n) is 4.04. The van der Waals surface area contributed by atoms with Gasteiger partial charge < -0.3 is 9.80 Å². The molecule has 0 saturated carbocycles. The average Bonchev–Trinajstić information content (AvgIpc) is 3.32. The Hall–Kier alpha value is -1.73. The van der Waals surface area contributed by atoms with Crippen molar-refractivity contribution in [1.82, 2.24) is 25.0 Å². The first-order valence-electron chi connectivity index (χ1n) is 9.04. The van der Waals surface area contributed by atoms with E-state index in [9.17, 15) is 4.79 Å². The van der Waals surface area contributed by atoms with E-state index in [1.165, 1.54) is 10.6 Å². The van der Waals surface area contributed by atoms with E-state index in [4.69, 9.17) is 0 Å². The molecule has 1 aliphatic heterocycles. The molecule has 1 fully saturated rings. The predicted octanol–water partition coefficient (Wildman–Crippen LogP) is 2.26. The van der Waals surface area contributed by atoms with Crippen LogP contribution in [0.4, 0.5) is 0 Å². The lowest BCUT2D eigenvalue weighted by atomic mass is 10.1. The number of rotatable bonds is 5. The number of amides is 1. The predicted molar refractivity (Wildman–Crippen MR) is 97.8 cm³/mol. The van der Waals surface area contributed by atoms with E-state index in [1.807, 2.05) is 10.4 Å². The van der Waals surface area contributed by atoms with Crippen LogP contribution in [-0.2, 0) is 19.4 Å². The zero-order valence-corrected chi connectivity index (χ0v) is 15.7. The second-order valence-electron chi connectivity index (χ2n) is 7.35. The number of fused-ring (bicyclic) bond motifs is 1. The molecule has 134 valence electrons. The number of aromatic amines is 1. The van der Waals surface area contributed by atoms with Crippen molar-refractivity contribution >= 4 is 17.2 Å². The third-order valence-electron chi connectivity index (χ3n) is 5.41. The fourth-order valence-corrected chi connectivity index (χ4v) is 4.90. The molecule has 1 atom stereocenters. The number of thiazole rings is 1. The number of aromatic nitrogens is 3. The molecule has 2 aromatic heterocycles. The summed E-state index contributed by atoms with van der Waals surface area (Å²) < 4.78 is 0. The van der Waals surface area contributed by atoms with E-state index in [1.54, 1.807) is 11.3 Å². The minimum absolute atomic E-state index is 0.114. The molecule has 1 amide bonds. The first-order chi connectivity index (χ1) is 12.1. The summed E-state index contributed by atoms with van der Waals surface area (Å²) in [5.74, 6) is 0.650. The lowest BCUT2D eigenvalue weighted by Crippen LogP contribution is -2.32. The Balaban J connectivity index is 1.33. The Morgan fingerprint density at radius 2 is 2.36 bits per heavy atom. The quantitative estimate of drug-likeness (QED) is 0.889. The van der Waals surface area contributed by atoms with Gasteiger partial charge in [-0.25, -0.2) is 4.98 Å². The van der Waals surface area contributed by atoms with Crippen molar-refractivity contribution in [3.8, 4) is 0 Å². The topological polar surface area (TPSA) is 65.1 Å². The maximum atomic E-state index is 12.8. The van der Waals surface area contributed by atoms with E-state index in [-0.39, 0.29) is 5.91 Å². The summed E-state index contributed by atoms with van der Waals surface area (Å²) in [5.41, 5.74) is 6.04. The number of aryl methyl sites for hydroxylation is 2. The second-order valence-corrected chi connectivity index (χ2v) is 8.29. The number of H-pyrrole nitrogens is 1. The van der Waals surface area contributed by atoms with Gasteiger partial charge in [0, 0.05) is 42.3 Å². The molecule has 1 N–H and O–H groups in total. The van der Waals surface area contributed by atoms with Gasteiger partial charge in [0.1, 0.15) is 0 Å². The minimum Gasteiger partial charge on any atom is -0.337 e. The lowest BCUT2D eigenvalue weighted by molar-refractivity contribution is 0.0777. The molecule has 1 saturated heterocycles. The second kappa shape index (κ2) is 6.88. The third-order valence-corrected chi connectivity index (χ3v) is 6.33. The van der Waals surface area contributed by atoms with Gasteiger partial charge in [-0.15, -0.1) is 11.3 Å². The third kappa shape index (κ3) is 3.35. The van der Waals surface area contributed by atoms with Crippen LogP contribution < -0.4 is 0 Å². The first kappa shape index (κ1) is 16.7. The van der Waals surface area contributed by atoms with Gasteiger partial charge in [-0.2, -0.15) is 5.10 Å². The summed E-state index contributed by atoms with van der Waals surface area (Å²) in [6, 6.07) is 0. The Morgan fingerprint density at radius 1 is 1.48 bits per heavy atom. The fraction of sp³-hybridized carbons (Fsp3) is 0.611. The molecule has 0 radical (unpaired) electrons. The van der Waals surface area contributed by atoms with Crippen LogP contribution in [0, 0.1) is 12.8 Å². The van der Waals surface area contributed by atoms with Crippen molar-refractivity contribution in [2.24, 2.45) is 5.92 Å². The van der Waals surface area contributed by atoms with Gasteiger partial charge in [-0.1, -0.05) is 0 Å². The van der Waals surface area contributed by atoms with Crippen LogP contribution in [0.5, 0.6) is 0 Å². The zero-order chi connectivity index (χ0) is 17.4. The summed E-state index contributed by atoms with van der Waals surface area (Å²) in [6.45, 7) is 5.70. The molecule has 0 spiro atoms. The molecule has 0 aromatic carbocycles.